The number of ether oxygens (including phenoxy) is 2. The lowest BCUT2D eigenvalue weighted by molar-refractivity contribution is -0.139. The van der Waals surface area contributed by atoms with Crippen LogP contribution in [0.2, 0.25) is 10.0 Å². The van der Waals surface area contributed by atoms with Gasteiger partial charge < -0.3 is 15.2 Å². The molecule has 0 amide bonds. The number of rotatable bonds is 7. The first-order valence-electron chi connectivity index (χ1n) is 10.6. The number of ketones is 1. The summed E-state index contributed by atoms with van der Waals surface area (Å²) < 4.78 is 10.9. The molecule has 1 aliphatic rings. The van der Waals surface area contributed by atoms with Gasteiger partial charge in [0.15, 0.2) is 0 Å². The molecule has 3 rings (SSSR count). The van der Waals surface area contributed by atoms with E-state index in [0.29, 0.717) is 28.8 Å². The third-order valence-corrected chi connectivity index (χ3v) is 7.47. The van der Waals surface area contributed by atoms with Gasteiger partial charge in [0, 0.05) is 23.2 Å². The molecule has 0 aromatic heterocycles. The summed E-state index contributed by atoms with van der Waals surface area (Å²) >= 11 is 12.9. The van der Waals surface area contributed by atoms with Crippen LogP contribution in [0.5, 0.6) is 5.75 Å². The highest BCUT2D eigenvalue weighted by Gasteiger charge is 2.54. The third kappa shape index (κ3) is 4.63. The minimum atomic E-state index is -0.650. The zero-order valence-corrected chi connectivity index (χ0v) is 20.0. The molecular weight excluding hydrogens is 433 g/mol. The maximum Gasteiger partial charge on any atom is 0.138 e. The van der Waals surface area contributed by atoms with Crippen molar-refractivity contribution < 1.29 is 14.3 Å². The number of carbonyl (C=O) groups is 1. The van der Waals surface area contributed by atoms with Crippen molar-refractivity contribution in [3.63, 3.8) is 0 Å². The van der Waals surface area contributed by atoms with Crippen LogP contribution in [-0.4, -0.2) is 32.7 Å². The zero-order valence-electron chi connectivity index (χ0n) is 18.5. The molecule has 0 aliphatic heterocycles. The van der Waals surface area contributed by atoms with Crippen molar-refractivity contribution in [2.75, 3.05) is 20.8 Å². The van der Waals surface area contributed by atoms with E-state index in [9.17, 15) is 4.79 Å². The van der Waals surface area contributed by atoms with Crippen molar-refractivity contribution in [1.29, 1.82) is 0 Å². The van der Waals surface area contributed by atoms with Crippen LogP contribution in [0.3, 0.4) is 0 Å². The summed E-state index contributed by atoms with van der Waals surface area (Å²) in [5.41, 5.74) is 8.10. The molecule has 5 atom stereocenters. The Hall–Kier alpha value is -1.59. The van der Waals surface area contributed by atoms with E-state index in [1.54, 1.807) is 21.1 Å². The largest absolute Gasteiger partial charge is 0.497 e. The molecule has 168 valence electrons. The van der Waals surface area contributed by atoms with Gasteiger partial charge >= 0.3 is 0 Å². The maximum absolute atomic E-state index is 13.1. The van der Waals surface area contributed by atoms with Crippen molar-refractivity contribution in [2.24, 2.45) is 17.1 Å². The van der Waals surface area contributed by atoms with E-state index in [0.717, 1.165) is 17.5 Å². The van der Waals surface area contributed by atoms with Crippen molar-refractivity contribution >= 4 is 29.0 Å². The summed E-state index contributed by atoms with van der Waals surface area (Å²) in [5.74, 6) is 0.794. The molecule has 2 N–H and O–H groups in total. The summed E-state index contributed by atoms with van der Waals surface area (Å²) in [5, 5.41) is 1.33. The summed E-state index contributed by atoms with van der Waals surface area (Å²) in [6.45, 7) is 3.99. The molecule has 0 heterocycles. The smallest absolute Gasteiger partial charge is 0.138 e. The predicted octanol–water partition coefficient (Wildman–Crippen LogP) is 5.85. The Morgan fingerprint density at radius 2 is 1.87 bits per heavy atom. The third-order valence-electron chi connectivity index (χ3n) is 6.89. The van der Waals surface area contributed by atoms with Crippen LogP contribution in [0.25, 0.3) is 0 Å². The van der Waals surface area contributed by atoms with Gasteiger partial charge in [-0.1, -0.05) is 41.4 Å². The Morgan fingerprint density at radius 3 is 2.39 bits per heavy atom. The molecule has 0 bridgehead atoms. The highest BCUT2D eigenvalue weighted by atomic mass is 35.5. The lowest BCUT2D eigenvalue weighted by Crippen LogP contribution is -2.54. The Morgan fingerprint density at radius 1 is 1.19 bits per heavy atom. The molecule has 1 fully saturated rings. The van der Waals surface area contributed by atoms with Gasteiger partial charge in [-0.15, -0.1) is 0 Å². The lowest BCUT2D eigenvalue weighted by Gasteiger charge is -2.52. The average Bonchev–Trinajstić information content (AvgIpc) is 2.74. The fraction of sp³-hybridized carbons (Fsp3) is 0.480. The molecule has 1 saturated carbocycles. The van der Waals surface area contributed by atoms with Crippen molar-refractivity contribution in [2.45, 2.75) is 44.6 Å². The first-order valence-corrected chi connectivity index (χ1v) is 11.3. The molecule has 2 aromatic rings. The molecule has 0 spiro atoms. The number of Topliss-reactive ketones (excluding diaryl/α,β-unsaturated/α-hetero) is 1. The Kier molecular flexibility index (Phi) is 7.69. The zero-order chi connectivity index (χ0) is 22.8. The molecular formula is C25H31Cl2NO3. The van der Waals surface area contributed by atoms with Crippen molar-refractivity contribution in [1.82, 2.24) is 0 Å². The summed E-state index contributed by atoms with van der Waals surface area (Å²) in [7, 11) is 3.27. The quantitative estimate of drug-likeness (QED) is 0.559. The second kappa shape index (κ2) is 9.91. The predicted molar refractivity (Wildman–Crippen MR) is 126 cm³/mol. The number of benzene rings is 2. The minimum absolute atomic E-state index is 0.0176. The van der Waals surface area contributed by atoms with Gasteiger partial charge in [0.2, 0.25) is 0 Å². The van der Waals surface area contributed by atoms with Gasteiger partial charge in [0.05, 0.1) is 19.1 Å². The van der Waals surface area contributed by atoms with Crippen LogP contribution in [0.4, 0.5) is 0 Å². The standard InChI is InChI=1S/C25H31Cl2NO3/c1-15(28)24-23(17-5-7-18(26)8-6-17)21(11-12-25(24,14-30-3)16(2)29)20-10-9-19(31-4)13-22(20)27/h5-10,13,15,21,23-24H,11-12,14,28H2,1-4H3/t15-,21+,23+,24+,25-/m1/s1. The van der Waals surface area contributed by atoms with Gasteiger partial charge in [0.1, 0.15) is 11.5 Å². The first kappa shape index (κ1) is 24.1. The SMILES string of the molecule is COC[C@@]1(C(C)=O)CC[C@@H](c2ccc(OC)cc2Cl)[C@H](c2ccc(Cl)cc2)[C@@H]1[C@@H](C)N. The van der Waals surface area contributed by atoms with Gasteiger partial charge in [-0.25, -0.2) is 0 Å². The Bertz CT molecular complexity index is 915. The number of halogens is 2. The number of methoxy groups -OCH3 is 2. The summed E-state index contributed by atoms with van der Waals surface area (Å²) in [6.07, 6.45) is 1.49. The summed E-state index contributed by atoms with van der Waals surface area (Å²) in [6, 6.07) is 13.4. The van der Waals surface area contributed by atoms with Crippen LogP contribution in [0.15, 0.2) is 42.5 Å². The fourth-order valence-corrected chi connectivity index (χ4v) is 5.97. The monoisotopic (exact) mass is 463 g/mol. The minimum Gasteiger partial charge on any atom is -0.497 e. The topological polar surface area (TPSA) is 61.5 Å². The molecule has 1 aliphatic carbocycles. The number of hydrogen-bond donors (Lipinski definition) is 1. The van der Waals surface area contributed by atoms with Gasteiger partial charge in [-0.2, -0.15) is 0 Å². The van der Waals surface area contributed by atoms with E-state index in [-0.39, 0.29) is 29.6 Å². The van der Waals surface area contributed by atoms with Crippen LogP contribution in [-0.2, 0) is 9.53 Å². The molecule has 2 aromatic carbocycles. The normalized spacial score (nSPS) is 27.0. The van der Waals surface area contributed by atoms with Gasteiger partial charge in [-0.3, -0.25) is 4.79 Å². The molecule has 4 nitrogen and oxygen atoms in total. The molecule has 0 radical (unpaired) electrons. The Labute approximate surface area is 195 Å². The van der Waals surface area contributed by atoms with E-state index in [1.165, 1.54) is 0 Å². The molecule has 6 heteroatoms. The van der Waals surface area contributed by atoms with Crippen molar-refractivity contribution in [3.05, 3.63) is 63.6 Å². The van der Waals surface area contributed by atoms with E-state index in [4.69, 9.17) is 38.4 Å². The molecule has 31 heavy (non-hydrogen) atoms. The van der Waals surface area contributed by atoms with Crippen LogP contribution in [0.1, 0.15) is 49.7 Å². The second-order valence-corrected chi connectivity index (χ2v) is 9.48. The second-order valence-electron chi connectivity index (χ2n) is 8.64. The van der Waals surface area contributed by atoms with Crippen LogP contribution < -0.4 is 10.5 Å². The number of carbonyl (C=O) groups excluding carboxylic acids is 1. The molecule has 0 unspecified atom stereocenters. The first-order chi connectivity index (χ1) is 14.7. The highest BCUT2D eigenvalue weighted by Crippen LogP contribution is 2.57. The van der Waals surface area contributed by atoms with Crippen molar-refractivity contribution in [3.8, 4) is 5.75 Å². The lowest BCUT2D eigenvalue weighted by atomic mass is 9.52. The van der Waals surface area contributed by atoms with E-state index < -0.39 is 5.41 Å². The van der Waals surface area contributed by atoms with Crippen LogP contribution >= 0.6 is 23.2 Å². The Balaban J connectivity index is 2.20. The van der Waals surface area contributed by atoms with E-state index >= 15 is 0 Å². The molecule has 0 saturated heterocycles. The highest BCUT2D eigenvalue weighted by molar-refractivity contribution is 6.31. The average molecular weight is 464 g/mol. The van der Waals surface area contributed by atoms with E-state index in [1.807, 2.05) is 49.4 Å². The van der Waals surface area contributed by atoms with Gasteiger partial charge in [0.25, 0.3) is 0 Å². The van der Waals surface area contributed by atoms with Gasteiger partial charge in [-0.05, 0) is 79.8 Å². The summed E-state index contributed by atoms with van der Waals surface area (Å²) in [4.78, 5) is 13.1. The van der Waals surface area contributed by atoms with E-state index in [2.05, 4.69) is 0 Å². The number of nitrogens with two attached hydrogens (primary N) is 1. The number of hydrogen-bond acceptors (Lipinski definition) is 4. The van der Waals surface area contributed by atoms with Crippen LogP contribution in [0, 0.1) is 11.3 Å². The maximum atomic E-state index is 13.1. The fourth-order valence-electron chi connectivity index (χ4n) is 5.53.